The number of rotatable bonds is 4. The van der Waals surface area contributed by atoms with Crippen molar-refractivity contribution < 1.29 is 9.18 Å². The van der Waals surface area contributed by atoms with Crippen LogP contribution in [0.5, 0.6) is 0 Å². The number of carbonyl (C=O) groups excluding carboxylic acids is 1. The molecule has 1 heterocycles. The van der Waals surface area contributed by atoms with Crippen LogP contribution in [-0.4, -0.2) is 11.3 Å². The van der Waals surface area contributed by atoms with Gasteiger partial charge in [-0.05, 0) is 35.7 Å². The van der Waals surface area contributed by atoms with Gasteiger partial charge in [-0.15, -0.1) is 0 Å². The van der Waals surface area contributed by atoms with Crippen LogP contribution in [0.3, 0.4) is 0 Å². The molecule has 1 aromatic heterocycles. The minimum atomic E-state index is -0.272. The number of aldehydes is 1. The zero-order chi connectivity index (χ0) is 13.0. The highest BCUT2D eigenvalue weighted by atomic mass is 19.1. The molecule has 0 unspecified atom stereocenters. The Balaban J connectivity index is 2.39. The maximum absolute atomic E-state index is 12.9. The van der Waals surface area contributed by atoms with E-state index in [9.17, 15) is 9.18 Å². The quantitative estimate of drug-likeness (QED) is 0.771. The van der Waals surface area contributed by atoms with E-state index in [0.29, 0.717) is 6.42 Å². The largest absolute Gasteiger partial charge is 0.303 e. The number of halogens is 1. The third-order valence-electron chi connectivity index (χ3n) is 2.90. The molecule has 0 bridgehead atoms. The molecule has 3 heteroatoms. The van der Waals surface area contributed by atoms with Crippen molar-refractivity contribution in [1.82, 2.24) is 4.98 Å². The first-order valence-electron chi connectivity index (χ1n) is 5.81. The fraction of sp³-hybridized carbons (Fsp3) is 0.200. The van der Waals surface area contributed by atoms with E-state index in [-0.39, 0.29) is 11.7 Å². The van der Waals surface area contributed by atoms with Gasteiger partial charge >= 0.3 is 0 Å². The minimum Gasteiger partial charge on any atom is -0.303 e. The molecular formula is C15H14FNO. The maximum atomic E-state index is 12.9. The summed E-state index contributed by atoms with van der Waals surface area (Å²) in [5.74, 6) is -0.332. The summed E-state index contributed by atoms with van der Waals surface area (Å²) in [5.41, 5.74) is 2.95. The molecule has 0 fully saturated rings. The molecule has 0 aliphatic heterocycles. The van der Waals surface area contributed by atoms with E-state index in [1.54, 1.807) is 24.5 Å². The van der Waals surface area contributed by atoms with Crippen LogP contribution in [0.25, 0.3) is 0 Å². The van der Waals surface area contributed by atoms with Gasteiger partial charge in [0.1, 0.15) is 12.1 Å². The van der Waals surface area contributed by atoms with Gasteiger partial charge in [0.25, 0.3) is 0 Å². The highest BCUT2D eigenvalue weighted by molar-refractivity contribution is 5.54. The number of nitrogens with zero attached hydrogens (tertiary/aromatic N) is 1. The van der Waals surface area contributed by atoms with Crippen molar-refractivity contribution in [2.45, 2.75) is 19.3 Å². The zero-order valence-corrected chi connectivity index (χ0v) is 10.1. The van der Waals surface area contributed by atoms with Crippen LogP contribution in [0.15, 0.2) is 42.7 Å². The topological polar surface area (TPSA) is 30.0 Å². The third-order valence-corrected chi connectivity index (χ3v) is 2.90. The van der Waals surface area contributed by atoms with Gasteiger partial charge in [0.05, 0.1) is 0 Å². The summed E-state index contributed by atoms with van der Waals surface area (Å²) >= 11 is 0. The van der Waals surface area contributed by atoms with Crippen molar-refractivity contribution in [1.29, 1.82) is 0 Å². The fourth-order valence-corrected chi connectivity index (χ4v) is 2.02. The van der Waals surface area contributed by atoms with Gasteiger partial charge in [-0.3, -0.25) is 4.98 Å². The van der Waals surface area contributed by atoms with Gasteiger partial charge in [0, 0.05) is 24.7 Å². The molecule has 2 aromatic rings. The van der Waals surface area contributed by atoms with Gasteiger partial charge in [0.15, 0.2) is 0 Å². The molecule has 1 atom stereocenters. The molecule has 1 aromatic carbocycles. The molecule has 92 valence electrons. The van der Waals surface area contributed by atoms with Gasteiger partial charge in [-0.2, -0.15) is 0 Å². The molecule has 0 aliphatic rings. The van der Waals surface area contributed by atoms with Crippen molar-refractivity contribution >= 4 is 6.29 Å². The monoisotopic (exact) mass is 243 g/mol. The van der Waals surface area contributed by atoms with Crippen LogP contribution >= 0.6 is 0 Å². The van der Waals surface area contributed by atoms with E-state index in [1.165, 1.54) is 12.1 Å². The smallest absolute Gasteiger partial charge is 0.123 e. The van der Waals surface area contributed by atoms with Crippen molar-refractivity contribution in [3.05, 3.63) is 65.2 Å². The van der Waals surface area contributed by atoms with Gasteiger partial charge in [0.2, 0.25) is 0 Å². The van der Waals surface area contributed by atoms with Crippen LogP contribution in [-0.2, 0) is 4.79 Å². The Morgan fingerprint density at radius 1 is 1.22 bits per heavy atom. The Hall–Kier alpha value is -2.03. The van der Waals surface area contributed by atoms with Crippen molar-refractivity contribution in [3.8, 4) is 0 Å². The van der Waals surface area contributed by atoms with Gasteiger partial charge < -0.3 is 4.79 Å². The minimum absolute atomic E-state index is 0.0597. The number of pyridine rings is 1. The molecule has 18 heavy (non-hydrogen) atoms. The highest BCUT2D eigenvalue weighted by Gasteiger charge is 2.14. The van der Waals surface area contributed by atoms with Crippen molar-refractivity contribution in [2.24, 2.45) is 0 Å². The van der Waals surface area contributed by atoms with Gasteiger partial charge in [-0.25, -0.2) is 4.39 Å². The van der Waals surface area contributed by atoms with E-state index in [2.05, 4.69) is 4.98 Å². The number of hydrogen-bond donors (Lipinski definition) is 0. The summed E-state index contributed by atoms with van der Waals surface area (Å²) in [7, 11) is 0. The number of benzene rings is 1. The summed E-state index contributed by atoms with van der Waals surface area (Å²) < 4.78 is 12.9. The molecule has 0 aliphatic carbocycles. The summed E-state index contributed by atoms with van der Waals surface area (Å²) in [6.07, 6.45) is 4.78. The Bertz CT molecular complexity index is 536. The SMILES string of the molecule is Cc1cncc([C@H](CC=O)c2ccc(F)cc2)c1. The molecule has 0 N–H and O–H groups in total. The Morgan fingerprint density at radius 3 is 2.56 bits per heavy atom. The summed E-state index contributed by atoms with van der Waals surface area (Å²) in [5, 5.41) is 0. The van der Waals surface area contributed by atoms with E-state index < -0.39 is 0 Å². The van der Waals surface area contributed by atoms with Crippen LogP contribution in [0, 0.1) is 12.7 Å². The molecule has 0 saturated carbocycles. The Labute approximate surface area is 105 Å². The molecule has 2 rings (SSSR count). The fourth-order valence-electron chi connectivity index (χ4n) is 2.02. The van der Waals surface area contributed by atoms with E-state index >= 15 is 0 Å². The normalized spacial score (nSPS) is 12.1. The summed E-state index contributed by atoms with van der Waals surface area (Å²) in [4.78, 5) is 15.0. The van der Waals surface area contributed by atoms with E-state index in [4.69, 9.17) is 0 Å². The zero-order valence-electron chi connectivity index (χ0n) is 10.1. The molecule has 0 saturated heterocycles. The first-order valence-corrected chi connectivity index (χ1v) is 5.81. The lowest BCUT2D eigenvalue weighted by Crippen LogP contribution is -2.03. The lowest BCUT2D eigenvalue weighted by molar-refractivity contribution is -0.108. The second-order valence-electron chi connectivity index (χ2n) is 4.30. The lowest BCUT2D eigenvalue weighted by atomic mass is 9.89. The van der Waals surface area contributed by atoms with Crippen LogP contribution in [0.2, 0.25) is 0 Å². The second-order valence-corrected chi connectivity index (χ2v) is 4.30. The van der Waals surface area contributed by atoms with Crippen LogP contribution < -0.4 is 0 Å². The van der Waals surface area contributed by atoms with Crippen LogP contribution in [0.1, 0.15) is 29.0 Å². The van der Waals surface area contributed by atoms with Crippen molar-refractivity contribution in [3.63, 3.8) is 0 Å². The van der Waals surface area contributed by atoms with Crippen LogP contribution in [0.4, 0.5) is 4.39 Å². The Kier molecular flexibility index (Phi) is 3.82. The summed E-state index contributed by atoms with van der Waals surface area (Å²) in [6.45, 7) is 1.96. The molecule has 2 nitrogen and oxygen atoms in total. The molecular weight excluding hydrogens is 229 g/mol. The lowest BCUT2D eigenvalue weighted by Gasteiger charge is -2.15. The molecule has 0 radical (unpaired) electrons. The average molecular weight is 243 g/mol. The standard InChI is InChI=1S/C15H14FNO/c1-11-8-13(10-17-9-11)15(6-7-18)12-2-4-14(16)5-3-12/h2-5,7-10,15H,6H2,1H3/t15-/m1/s1. The number of carbonyl (C=O) groups is 1. The highest BCUT2D eigenvalue weighted by Crippen LogP contribution is 2.27. The first-order chi connectivity index (χ1) is 8.70. The first kappa shape index (κ1) is 12.4. The van der Waals surface area contributed by atoms with Crippen molar-refractivity contribution in [2.75, 3.05) is 0 Å². The molecule has 0 spiro atoms. The third kappa shape index (κ3) is 2.80. The predicted octanol–water partition coefficient (Wildman–Crippen LogP) is 3.25. The predicted molar refractivity (Wildman–Crippen MR) is 67.9 cm³/mol. The second kappa shape index (κ2) is 5.54. The van der Waals surface area contributed by atoms with E-state index in [0.717, 1.165) is 23.0 Å². The molecule has 0 amide bonds. The maximum Gasteiger partial charge on any atom is 0.123 e. The average Bonchev–Trinajstić information content (AvgIpc) is 2.37. The Morgan fingerprint density at radius 2 is 1.94 bits per heavy atom. The number of aryl methyl sites for hydroxylation is 1. The van der Waals surface area contributed by atoms with Gasteiger partial charge in [-0.1, -0.05) is 18.2 Å². The number of hydrogen-bond acceptors (Lipinski definition) is 2. The number of aromatic nitrogens is 1. The summed E-state index contributed by atoms with van der Waals surface area (Å²) in [6, 6.07) is 8.26. The van der Waals surface area contributed by atoms with E-state index in [1.807, 2.05) is 13.0 Å².